The van der Waals surface area contributed by atoms with Gasteiger partial charge in [0.2, 0.25) is 0 Å². The summed E-state index contributed by atoms with van der Waals surface area (Å²) in [5.41, 5.74) is 3.36. The molecule has 26 heavy (non-hydrogen) atoms. The first-order valence-electron chi connectivity index (χ1n) is 9.62. The normalized spacial score (nSPS) is 22.1. The molecule has 3 aliphatic rings. The highest BCUT2D eigenvalue weighted by atomic mass is 16.3. The first-order chi connectivity index (χ1) is 12.3. The van der Waals surface area contributed by atoms with Gasteiger partial charge >= 0.3 is 0 Å². The summed E-state index contributed by atoms with van der Waals surface area (Å²) in [5.74, 6) is -0.0880. The van der Waals surface area contributed by atoms with Crippen LogP contribution in [0.1, 0.15) is 62.6 Å². The molecule has 1 saturated heterocycles. The van der Waals surface area contributed by atoms with E-state index in [1.54, 1.807) is 13.8 Å². The summed E-state index contributed by atoms with van der Waals surface area (Å²) in [6.45, 7) is 5.33. The van der Waals surface area contributed by atoms with E-state index in [1.807, 2.05) is 18.2 Å². The van der Waals surface area contributed by atoms with Gasteiger partial charge in [-0.05, 0) is 62.1 Å². The quantitative estimate of drug-likeness (QED) is 0.886. The SMILES string of the molecule is CC(C)(O)c1ccc2c(c1)C(N1CCC3(CCC3)CC1)=C(C#N)C(=O)C2. The minimum atomic E-state index is -0.952. The number of aliphatic hydroxyl groups is 1. The third-order valence-electron chi connectivity index (χ3n) is 6.60. The predicted octanol–water partition coefficient (Wildman–Crippen LogP) is 3.54. The summed E-state index contributed by atoms with van der Waals surface area (Å²) < 4.78 is 0. The van der Waals surface area contributed by atoms with E-state index in [1.165, 1.54) is 19.3 Å². The van der Waals surface area contributed by atoms with E-state index in [0.717, 1.165) is 48.3 Å². The molecule has 0 atom stereocenters. The summed E-state index contributed by atoms with van der Waals surface area (Å²) in [4.78, 5) is 14.8. The van der Waals surface area contributed by atoms with Crippen LogP contribution in [0.25, 0.3) is 5.70 Å². The molecule has 1 heterocycles. The number of nitriles is 1. The number of fused-ring (bicyclic) bond motifs is 1. The number of benzene rings is 1. The molecule has 2 aliphatic carbocycles. The Balaban J connectivity index is 1.76. The van der Waals surface area contributed by atoms with Crippen molar-refractivity contribution in [3.63, 3.8) is 0 Å². The predicted molar refractivity (Wildman–Crippen MR) is 100 cm³/mol. The molecule has 0 unspecified atom stereocenters. The van der Waals surface area contributed by atoms with E-state index in [9.17, 15) is 15.2 Å². The molecule has 1 aliphatic heterocycles. The van der Waals surface area contributed by atoms with Crippen LogP contribution >= 0.6 is 0 Å². The second-order valence-corrected chi connectivity index (χ2v) is 8.71. The van der Waals surface area contributed by atoms with Crippen LogP contribution in [0.5, 0.6) is 0 Å². The number of carbonyl (C=O) groups is 1. The number of rotatable bonds is 2. The number of ketones is 1. The largest absolute Gasteiger partial charge is 0.386 e. The van der Waals surface area contributed by atoms with Crippen LogP contribution in [0.15, 0.2) is 23.8 Å². The van der Waals surface area contributed by atoms with Gasteiger partial charge in [-0.3, -0.25) is 4.79 Å². The summed E-state index contributed by atoms with van der Waals surface area (Å²) in [7, 11) is 0. The standard InChI is InChI=1S/C22H26N2O2/c1-21(2,26)16-5-4-15-12-19(25)18(14-23)20(17(15)13-16)24-10-8-22(9-11-24)6-3-7-22/h4-5,13,26H,3,6-12H2,1-2H3. The molecule has 1 aromatic carbocycles. The first kappa shape index (κ1) is 17.3. The molecule has 1 N–H and O–H groups in total. The fourth-order valence-electron chi connectivity index (χ4n) is 4.68. The minimum absolute atomic E-state index is 0.0880. The maximum absolute atomic E-state index is 12.6. The van der Waals surface area contributed by atoms with Crippen molar-refractivity contribution in [1.29, 1.82) is 5.26 Å². The number of hydrogen-bond acceptors (Lipinski definition) is 4. The summed E-state index contributed by atoms with van der Waals surface area (Å²) in [6, 6.07) is 7.98. The van der Waals surface area contributed by atoms with Gasteiger partial charge in [0, 0.05) is 25.1 Å². The number of hydrogen-bond donors (Lipinski definition) is 1. The van der Waals surface area contributed by atoms with Crippen LogP contribution < -0.4 is 0 Å². The van der Waals surface area contributed by atoms with E-state index < -0.39 is 5.60 Å². The lowest BCUT2D eigenvalue weighted by Gasteiger charge is -2.49. The lowest BCUT2D eigenvalue weighted by atomic mass is 9.63. The van der Waals surface area contributed by atoms with Gasteiger partial charge < -0.3 is 10.0 Å². The Morgan fingerprint density at radius 1 is 1.19 bits per heavy atom. The van der Waals surface area contributed by atoms with E-state index in [2.05, 4.69) is 11.0 Å². The van der Waals surface area contributed by atoms with Crippen molar-refractivity contribution in [2.75, 3.05) is 13.1 Å². The highest BCUT2D eigenvalue weighted by molar-refractivity contribution is 6.10. The molecule has 0 aromatic heterocycles. The van der Waals surface area contributed by atoms with E-state index >= 15 is 0 Å². The smallest absolute Gasteiger partial charge is 0.179 e. The van der Waals surface area contributed by atoms with Crippen molar-refractivity contribution in [2.24, 2.45) is 5.41 Å². The number of Topliss-reactive ketones (excluding diaryl/α,β-unsaturated/α-hetero) is 1. The van der Waals surface area contributed by atoms with Crippen LogP contribution in [0.2, 0.25) is 0 Å². The maximum Gasteiger partial charge on any atom is 0.179 e. The van der Waals surface area contributed by atoms with Crippen LogP contribution in [0.4, 0.5) is 0 Å². The average molecular weight is 350 g/mol. The lowest BCUT2D eigenvalue weighted by molar-refractivity contribution is -0.114. The number of carbonyl (C=O) groups excluding carboxylic acids is 1. The summed E-state index contributed by atoms with van der Waals surface area (Å²) >= 11 is 0. The molecule has 4 rings (SSSR count). The Morgan fingerprint density at radius 2 is 1.88 bits per heavy atom. The molecule has 0 bridgehead atoms. The molecule has 136 valence electrons. The van der Waals surface area contributed by atoms with Gasteiger partial charge in [-0.2, -0.15) is 5.26 Å². The Labute approximate surface area is 155 Å². The zero-order valence-corrected chi connectivity index (χ0v) is 15.6. The molecule has 2 fully saturated rings. The minimum Gasteiger partial charge on any atom is -0.386 e. The maximum atomic E-state index is 12.6. The van der Waals surface area contributed by atoms with Crippen LogP contribution in [0.3, 0.4) is 0 Å². The second kappa shape index (κ2) is 5.96. The van der Waals surface area contributed by atoms with Crippen molar-refractivity contribution in [1.82, 2.24) is 4.90 Å². The highest BCUT2D eigenvalue weighted by Gasteiger charge is 2.41. The van der Waals surface area contributed by atoms with Gasteiger partial charge in [0.15, 0.2) is 5.78 Å². The van der Waals surface area contributed by atoms with Crippen molar-refractivity contribution in [3.05, 3.63) is 40.5 Å². The Morgan fingerprint density at radius 3 is 2.42 bits per heavy atom. The topological polar surface area (TPSA) is 64.3 Å². The van der Waals surface area contributed by atoms with E-state index in [4.69, 9.17) is 0 Å². The Bertz CT molecular complexity index is 825. The summed E-state index contributed by atoms with van der Waals surface area (Å²) in [5, 5.41) is 20.1. The van der Waals surface area contributed by atoms with Gasteiger partial charge in [-0.15, -0.1) is 0 Å². The number of likely N-dealkylation sites (tertiary alicyclic amines) is 1. The van der Waals surface area contributed by atoms with Gasteiger partial charge in [-0.25, -0.2) is 0 Å². The molecule has 4 nitrogen and oxygen atoms in total. The average Bonchev–Trinajstić information content (AvgIpc) is 2.58. The third-order valence-corrected chi connectivity index (χ3v) is 6.60. The summed E-state index contributed by atoms with van der Waals surface area (Å²) in [6.07, 6.45) is 6.54. The highest BCUT2D eigenvalue weighted by Crippen LogP contribution is 2.50. The van der Waals surface area contributed by atoms with Gasteiger partial charge in [0.05, 0.1) is 11.3 Å². The van der Waals surface area contributed by atoms with Gasteiger partial charge in [0.25, 0.3) is 0 Å². The van der Waals surface area contributed by atoms with Crippen molar-refractivity contribution in [2.45, 2.75) is 58.0 Å². The monoisotopic (exact) mass is 350 g/mol. The van der Waals surface area contributed by atoms with Crippen molar-refractivity contribution >= 4 is 11.5 Å². The number of nitrogens with zero attached hydrogens (tertiary/aromatic N) is 2. The third kappa shape index (κ3) is 2.75. The van der Waals surface area contributed by atoms with E-state index in [0.29, 0.717) is 5.41 Å². The fourth-order valence-corrected chi connectivity index (χ4v) is 4.68. The van der Waals surface area contributed by atoms with Crippen molar-refractivity contribution in [3.8, 4) is 6.07 Å². The lowest BCUT2D eigenvalue weighted by Crippen LogP contribution is -2.43. The molecule has 1 spiro atoms. The fraction of sp³-hybridized carbons (Fsp3) is 0.545. The van der Waals surface area contributed by atoms with Gasteiger partial charge in [-0.1, -0.05) is 18.6 Å². The zero-order valence-electron chi connectivity index (χ0n) is 15.6. The molecule has 1 aromatic rings. The zero-order chi connectivity index (χ0) is 18.5. The van der Waals surface area contributed by atoms with Crippen LogP contribution in [0, 0.1) is 16.7 Å². The Hall–Kier alpha value is -2.12. The molecular weight excluding hydrogens is 324 g/mol. The molecule has 0 radical (unpaired) electrons. The number of piperidine rings is 1. The van der Waals surface area contributed by atoms with Gasteiger partial charge in [0.1, 0.15) is 11.6 Å². The molecule has 4 heteroatoms. The number of allylic oxidation sites excluding steroid dienone is 1. The van der Waals surface area contributed by atoms with Crippen LogP contribution in [-0.2, 0) is 16.8 Å². The Kier molecular flexibility index (Phi) is 3.96. The first-order valence-corrected chi connectivity index (χ1v) is 9.62. The van der Waals surface area contributed by atoms with E-state index in [-0.39, 0.29) is 17.8 Å². The molecule has 0 amide bonds. The molecular formula is C22H26N2O2. The van der Waals surface area contributed by atoms with Crippen molar-refractivity contribution < 1.29 is 9.90 Å². The van der Waals surface area contributed by atoms with Crippen LogP contribution in [-0.4, -0.2) is 28.9 Å². The molecule has 1 saturated carbocycles. The second-order valence-electron chi connectivity index (χ2n) is 8.71.